The van der Waals surface area contributed by atoms with Crippen molar-refractivity contribution in [3.05, 3.63) is 229 Å². The summed E-state index contributed by atoms with van der Waals surface area (Å²) >= 11 is 0. The normalized spacial score (nSPS) is 13.4. The number of para-hydroxylation sites is 4. The Kier molecular flexibility index (Phi) is 8.09. The molecule has 4 aliphatic heterocycles. The fourth-order valence-electron chi connectivity index (χ4n) is 14.4. The number of nitrogens with zero attached hydrogens (tertiary/aromatic N) is 2. The van der Waals surface area contributed by atoms with Crippen LogP contribution in [0.25, 0.3) is 76.8 Å². The van der Waals surface area contributed by atoms with Crippen LogP contribution < -0.4 is 42.6 Å². The van der Waals surface area contributed by atoms with Gasteiger partial charge in [-0.2, -0.15) is 0 Å². The first-order valence-corrected chi connectivity index (χ1v) is 25.6. The summed E-state index contributed by atoms with van der Waals surface area (Å²) in [5.74, 6) is 0. The molecule has 12 aromatic rings. The van der Waals surface area contributed by atoms with Crippen molar-refractivity contribution >= 4 is 113 Å². The summed E-state index contributed by atoms with van der Waals surface area (Å²) in [6, 6.07) is 78.8. The molecule has 2 nitrogen and oxygen atoms in total. The third-order valence-electron chi connectivity index (χ3n) is 17.1. The molecule has 0 aliphatic carbocycles. The number of hydrogen-bond acceptors (Lipinski definition) is 2. The molecule has 0 spiro atoms. The molecule has 0 amide bonds. The van der Waals surface area contributed by atoms with E-state index in [1.165, 1.54) is 166 Å². The smallest absolute Gasteiger partial charge is 0.248 e. The van der Waals surface area contributed by atoms with Gasteiger partial charge in [-0.15, -0.1) is 0 Å². The summed E-state index contributed by atoms with van der Waals surface area (Å²) in [5, 5.41) is 8.23. The van der Waals surface area contributed by atoms with Gasteiger partial charge < -0.3 is 9.80 Å². The maximum absolute atomic E-state index is 2.67. The Bertz CT molecular complexity index is 4030. The number of fused-ring (bicyclic) bond motifs is 8. The molecule has 0 N–H and O–H groups in total. The highest BCUT2D eigenvalue weighted by atomic mass is 15.2. The molecule has 0 saturated heterocycles. The van der Waals surface area contributed by atoms with Crippen molar-refractivity contribution in [3.63, 3.8) is 0 Å². The van der Waals surface area contributed by atoms with Crippen LogP contribution in [0.5, 0.6) is 0 Å². The predicted molar refractivity (Wildman–Crippen MR) is 310 cm³/mol. The van der Waals surface area contributed by atoms with Crippen molar-refractivity contribution < 1.29 is 0 Å². The van der Waals surface area contributed by atoms with Gasteiger partial charge in [0, 0.05) is 34.1 Å². The molecule has 4 heteroatoms. The highest BCUT2D eigenvalue weighted by molar-refractivity contribution is 7.02. The van der Waals surface area contributed by atoms with Gasteiger partial charge in [0.1, 0.15) is 0 Å². The van der Waals surface area contributed by atoms with Crippen LogP contribution in [0.15, 0.2) is 206 Å². The van der Waals surface area contributed by atoms with E-state index in [0.29, 0.717) is 0 Å². The van der Waals surface area contributed by atoms with Gasteiger partial charge in [0.2, 0.25) is 13.4 Å². The number of rotatable bonds is 4. The van der Waals surface area contributed by atoms with E-state index >= 15 is 0 Å². The van der Waals surface area contributed by atoms with Crippen LogP contribution in [0.4, 0.5) is 34.1 Å². The lowest BCUT2D eigenvalue weighted by molar-refractivity contribution is 1.29. The van der Waals surface area contributed by atoms with Crippen LogP contribution in [-0.4, -0.2) is 13.4 Å². The molecule has 12 aromatic carbocycles. The third kappa shape index (κ3) is 5.11. The van der Waals surface area contributed by atoms with E-state index in [1.54, 1.807) is 0 Å². The maximum atomic E-state index is 2.67. The fourth-order valence-corrected chi connectivity index (χ4v) is 14.4. The number of aryl methyl sites for hydroxylation is 4. The molecule has 334 valence electrons. The average Bonchev–Trinajstić information content (AvgIpc) is 3.42. The van der Waals surface area contributed by atoms with E-state index in [4.69, 9.17) is 0 Å². The monoisotopic (exact) mass is 912 g/mol. The molecule has 0 radical (unpaired) electrons. The molecule has 4 heterocycles. The Hall–Kier alpha value is -8.59. The van der Waals surface area contributed by atoms with E-state index in [-0.39, 0.29) is 13.4 Å². The average molecular weight is 913 g/mol. The van der Waals surface area contributed by atoms with Crippen molar-refractivity contribution in [1.29, 1.82) is 0 Å². The first kappa shape index (κ1) is 40.2. The van der Waals surface area contributed by atoms with Crippen LogP contribution >= 0.6 is 0 Å². The molecule has 72 heavy (non-hydrogen) atoms. The number of hydrogen-bond donors (Lipinski definition) is 0. The summed E-state index contributed by atoms with van der Waals surface area (Å²) < 4.78 is 0. The lowest BCUT2D eigenvalue weighted by Crippen LogP contribution is -2.60. The topological polar surface area (TPSA) is 6.48 Å². The van der Waals surface area contributed by atoms with Crippen LogP contribution in [-0.2, 0) is 0 Å². The Balaban J connectivity index is 1.14. The van der Waals surface area contributed by atoms with Gasteiger partial charge >= 0.3 is 0 Å². The second kappa shape index (κ2) is 14.5. The molecule has 4 aliphatic rings. The summed E-state index contributed by atoms with van der Waals surface area (Å²) in [4.78, 5) is 5.02. The van der Waals surface area contributed by atoms with Gasteiger partial charge in [-0.3, -0.25) is 0 Å². The second-order valence-corrected chi connectivity index (χ2v) is 20.8. The quantitative estimate of drug-likeness (QED) is 0.128. The van der Waals surface area contributed by atoms with E-state index in [0.717, 1.165) is 0 Å². The lowest BCUT2D eigenvalue weighted by Gasteiger charge is -2.42. The third-order valence-corrected chi connectivity index (χ3v) is 17.1. The predicted octanol–water partition coefficient (Wildman–Crippen LogP) is 13.7. The molecule has 0 aromatic heterocycles. The van der Waals surface area contributed by atoms with Gasteiger partial charge in [-0.25, -0.2) is 0 Å². The first-order chi connectivity index (χ1) is 35.4. The summed E-state index contributed by atoms with van der Waals surface area (Å²) in [6.45, 7) is 9.29. The van der Waals surface area contributed by atoms with Crippen molar-refractivity contribution in [3.8, 4) is 44.5 Å². The standard InChI is InChI=1S/C68H46B2N2/c1-39-19-15-20-40(2)61(39)49-35-47-45-27-17-33-59-67(45)70(54-30-12-14-32-58(54)71(59)43-23-7-5-8-24-43)56-38-52-50(62-41(3)21-16-22-42(62)4)36-48-46-28-18-34-60-68(46)69(55-37-51(49)65(63(47)56)66(52)64(48)55)53-29-11-13-31-57(53)72(60)44-25-9-6-10-26-44/h5-38H,1-4H3. The number of benzene rings is 12. The minimum Gasteiger partial charge on any atom is -0.312 e. The van der Waals surface area contributed by atoms with Crippen molar-refractivity contribution in [1.82, 2.24) is 0 Å². The van der Waals surface area contributed by atoms with E-state index in [9.17, 15) is 0 Å². The Morgan fingerprint density at radius 1 is 0.278 bits per heavy atom. The molecule has 0 saturated carbocycles. The zero-order valence-corrected chi connectivity index (χ0v) is 40.7. The zero-order chi connectivity index (χ0) is 47.7. The van der Waals surface area contributed by atoms with Gasteiger partial charge in [-0.05, 0) is 209 Å². The Morgan fingerprint density at radius 3 is 1.06 bits per heavy atom. The molecule has 0 unspecified atom stereocenters. The van der Waals surface area contributed by atoms with Crippen molar-refractivity contribution in [2.75, 3.05) is 9.80 Å². The molecular formula is C68H46B2N2. The van der Waals surface area contributed by atoms with Crippen LogP contribution in [0.3, 0.4) is 0 Å². The highest BCUT2D eigenvalue weighted by Crippen LogP contribution is 2.53. The first-order valence-electron chi connectivity index (χ1n) is 25.6. The van der Waals surface area contributed by atoms with Crippen molar-refractivity contribution in [2.45, 2.75) is 27.7 Å². The molecule has 0 bridgehead atoms. The van der Waals surface area contributed by atoms with Crippen LogP contribution in [0.1, 0.15) is 22.3 Å². The number of anilines is 6. The maximum Gasteiger partial charge on any atom is 0.248 e. The molecule has 0 fully saturated rings. The molecular weight excluding hydrogens is 866 g/mol. The van der Waals surface area contributed by atoms with Crippen LogP contribution in [0, 0.1) is 27.7 Å². The Morgan fingerprint density at radius 2 is 0.639 bits per heavy atom. The second-order valence-electron chi connectivity index (χ2n) is 20.8. The highest BCUT2D eigenvalue weighted by Gasteiger charge is 2.45. The Labute approximate surface area is 421 Å². The van der Waals surface area contributed by atoms with E-state index < -0.39 is 0 Å². The lowest BCUT2D eigenvalue weighted by atomic mass is 9.31. The summed E-state index contributed by atoms with van der Waals surface area (Å²) in [5.41, 5.74) is 31.3. The fraction of sp³-hybridized carbons (Fsp3) is 0.0588. The SMILES string of the molecule is Cc1cccc(C)c1-c1cc2c3c(cc4c(-c5c(C)cccc5C)cc5c6c(cc1c3c46)B1c3ccccc3N(c3ccccc3)c3cccc-5c31)B1c3ccccc3N(c3ccccc3)c3cccc-2c31. The van der Waals surface area contributed by atoms with Gasteiger partial charge in [0.15, 0.2) is 0 Å². The molecule has 16 rings (SSSR count). The minimum absolute atomic E-state index is 0.0212. The van der Waals surface area contributed by atoms with Gasteiger partial charge in [0.05, 0.1) is 0 Å². The van der Waals surface area contributed by atoms with Gasteiger partial charge in [0.25, 0.3) is 0 Å². The summed E-state index contributed by atoms with van der Waals surface area (Å²) in [7, 11) is 0. The van der Waals surface area contributed by atoms with Crippen molar-refractivity contribution in [2.24, 2.45) is 0 Å². The molecule has 0 atom stereocenters. The van der Waals surface area contributed by atoms with Gasteiger partial charge in [-0.1, -0.05) is 157 Å². The van der Waals surface area contributed by atoms with E-state index in [1.807, 2.05) is 0 Å². The largest absolute Gasteiger partial charge is 0.312 e. The zero-order valence-electron chi connectivity index (χ0n) is 40.7. The van der Waals surface area contributed by atoms with E-state index in [2.05, 4.69) is 244 Å². The summed E-state index contributed by atoms with van der Waals surface area (Å²) in [6.07, 6.45) is 0. The van der Waals surface area contributed by atoms with Crippen LogP contribution in [0.2, 0.25) is 0 Å². The minimum atomic E-state index is 0.0212.